The molecule has 2 unspecified atom stereocenters. The van der Waals surface area contributed by atoms with Gasteiger partial charge in [-0.3, -0.25) is 9.69 Å². The molecule has 6 nitrogen and oxygen atoms in total. The Hall–Kier alpha value is -2.88. The Morgan fingerprint density at radius 1 is 1.10 bits per heavy atom. The van der Waals surface area contributed by atoms with E-state index in [-0.39, 0.29) is 24.7 Å². The minimum absolute atomic E-state index is 0.0582. The summed E-state index contributed by atoms with van der Waals surface area (Å²) in [5, 5.41) is 11.6. The van der Waals surface area contributed by atoms with Crippen molar-refractivity contribution in [3.05, 3.63) is 65.2 Å². The number of rotatable bonds is 7. The summed E-state index contributed by atoms with van der Waals surface area (Å²) in [5.74, 6) is 0.380. The van der Waals surface area contributed by atoms with Crippen LogP contribution in [0.5, 0.6) is 5.75 Å². The average Bonchev–Trinajstić information content (AvgIpc) is 2.71. The van der Waals surface area contributed by atoms with Crippen molar-refractivity contribution in [1.82, 2.24) is 10.2 Å². The molecule has 3 rings (SSSR count). The molecular weight excluding hydrogens is 366 g/mol. The van der Waals surface area contributed by atoms with Crippen molar-refractivity contribution in [3.8, 4) is 11.8 Å². The van der Waals surface area contributed by atoms with Crippen LogP contribution in [-0.4, -0.2) is 42.7 Å². The SMILES string of the molecule is CC1CN(Cc2ccc(CNC(=O)COc3ccc(C#N)cc3)cc2)CC(C)O1. The van der Waals surface area contributed by atoms with Crippen LogP contribution in [0.2, 0.25) is 0 Å². The van der Waals surface area contributed by atoms with Crippen LogP contribution < -0.4 is 10.1 Å². The molecule has 2 atom stereocenters. The summed E-state index contributed by atoms with van der Waals surface area (Å²) in [6, 6.07) is 17.0. The van der Waals surface area contributed by atoms with Gasteiger partial charge >= 0.3 is 0 Å². The molecule has 2 aromatic carbocycles. The van der Waals surface area contributed by atoms with Crippen LogP contribution in [0.25, 0.3) is 0 Å². The third-order valence-electron chi connectivity index (χ3n) is 4.77. The maximum atomic E-state index is 12.0. The predicted molar refractivity (Wildman–Crippen MR) is 110 cm³/mol. The lowest BCUT2D eigenvalue weighted by Gasteiger charge is -2.35. The number of hydrogen-bond acceptors (Lipinski definition) is 5. The number of carbonyl (C=O) groups excluding carboxylic acids is 1. The fourth-order valence-corrected chi connectivity index (χ4v) is 3.46. The van der Waals surface area contributed by atoms with Crippen LogP contribution in [0.3, 0.4) is 0 Å². The molecule has 0 radical (unpaired) electrons. The smallest absolute Gasteiger partial charge is 0.258 e. The second-order valence-electron chi connectivity index (χ2n) is 7.47. The second-order valence-corrected chi connectivity index (χ2v) is 7.47. The van der Waals surface area contributed by atoms with Gasteiger partial charge in [0.05, 0.1) is 23.8 Å². The Morgan fingerprint density at radius 3 is 2.34 bits per heavy atom. The zero-order valence-corrected chi connectivity index (χ0v) is 16.9. The lowest BCUT2D eigenvalue weighted by molar-refractivity contribution is -0.123. The fourth-order valence-electron chi connectivity index (χ4n) is 3.46. The molecule has 1 aliphatic heterocycles. The van der Waals surface area contributed by atoms with Crippen LogP contribution in [0, 0.1) is 11.3 Å². The van der Waals surface area contributed by atoms with Crippen LogP contribution in [0.4, 0.5) is 0 Å². The van der Waals surface area contributed by atoms with Crippen molar-refractivity contribution >= 4 is 5.91 Å². The molecule has 152 valence electrons. The van der Waals surface area contributed by atoms with Crippen molar-refractivity contribution in [2.45, 2.75) is 39.1 Å². The third-order valence-corrected chi connectivity index (χ3v) is 4.77. The van der Waals surface area contributed by atoms with Crippen molar-refractivity contribution in [1.29, 1.82) is 5.26 Å². The van der Waals surface area contributed by atoms with E-state index in [9.17, 15) is 4.79 Å². The van der Waals surface area contributed by atoms with E-state index in [0.717, 1.165) is 25.2 Å². The highest BCUT2D eigenvalue weighted by Gasteiger charge is 2.21. The van der Waals surface area contributed by atoms with Crippen LogP contribution >= 0.6 is 0 Å². The minimum Gasteiger partial charge on any atom is -0.484 e. The highest BCUT2D eigenvalue weighted by atomic mass is 16.5. The van der Waals surface area contributed by atoms with Crippen LogP contribution in [-0.2, 0) is 22.6 Å². The summed E-state index contributed by atoms with van der Waals surface area (Å²) in [7, 11) is 0. The Labute approximate surface area is 172 Å². The molecule has 1 aliphatic rings. The van der Waals surface area contributed by atoms with Crippen molar-refractivity contribution in [2.24, 2.45) is 0 Å². The molecule has 1 saturated heterocycles. The van der Waals surface area contributed by atoms with Crippen LogP contribution in [0.15, 0.2) is 48.5 Å². The Balaban J connectivity index is 1.41. The number of ether oxygens (including phenoxy) is 2. The van der Waals surface area contributed by atoms with E-state index >= 15 is 0 Å². The number of benzene rings is 2. The van der Waals surface area contributed by atoms with Crippen LogP contribution in [0.1, 0.15) is 30.5 Å². The van der Waals surface area contributed by atoms with E-state index in [1.165, 1.54) is 5.56 Å². The van der Waals surface area contributed by atoms with Crippen molar-refractivity contribution in [3.63, 3.8) is 0 Å². The molecule has 2 aromatic rings. The zero-order valence-electron chi connectivity index (χ0n) is 16.9. The Bertz CT molecular complexity index is 833. The number of nitrogens with one attached hydrogen (secondary N) is 1. The largest absolute Gasteiger partial charge is 0.484 e. The number of morpholine rings is 1. The van der Waals surface area contributed by atoms with E-state index in [0.29, 0.717) is 17.9 Å². The normalized spacial score (nSPS) is 19.3. The third kappa shape index (κ3) is 6.60. The first-order valence-electron chi connectivity index (χ1n) is 9.87. The number of nitrogens with zero attached hydrogens (tertiary/aromatic N) is 2. The molecular formula is C23H27N3O3. The molecule has 6 heteroatoms. The Kier molecular flexibility index (Phi) is 7.23. The lowest BCUT2D eigenvalue weighted by atomic mass is 10.1. The van der Waals surface area contributed by atoms with Gasteiger partial charge in [0, 0.05) is 26.2 Å². The van der Waals surface area contributed by atoms with Gasteiger partial charge < -0.3 is 14.8 Å². The zero-order chi connectivity index (χ0) is 20.6. The first kappa shape index (κ1) is 20.8. The summed E-state index contributed by atoms with van der Waals surface area (Å²) in [4.78, 5) is 14.4. The quantitative estimate of drug-likeness (QED) is 0.783. The number of hydrogen-bond donors (Lipinski definition) is 1. The van der Waals surface area contributed by atoms with E-state index < -0.39 is 0 Å². The van der Waals surface area contributed by atoms with Gasteiger partial charge in [-0.15, -0.1) is 0 Å². The van der Waals surface area contributed by atoms with Gasteiger partial charge in [0.1, 0.15) is 5.75 Å². The first-order valence-corrected chi connectivity index (χ1v) is 9.87. The van der Waals surface area contributed by atoms with E-state index in [2.05, 4.69) is 36.2 Å². The van der Waals surface area contributed by atoms with E-state index in [1.54, 1.807) is 24.3 Å². The fraction of sp³-hybridized carbons (Fsp3) is 0.391. The van der Waals surface area contributed by atoms with Gasteiger partial charge in [-0.05, 0) is 49.2 Å². The van der Waals surface area contributed by atoms with Gasteiger partial charge in [0.2, 0.25) is 0 Å². The Morgan fingerprint density at radius 2 is 1.72 bits per heavy atom. The number of amides is 1. The van der Waals surface area contributed by atoms with Gasteiger partial charge in [0.25, 0.3) is 5.91 Å². The summed E-state index contributed by atoms with van der Waals surface area (Å²) in [6.07, 6.45) is 0.527. The molecule has 0 aromatic heterocycles. The van der Waals surface area contributed by atoms with Gasteiger partial charge in [0.15, 0.2) is 6.61 Å². The van der Waals surface area contributed by atoms with E-state index in [4.69, 9.17) is 14.7 Å². The van der Waals surface area contributed by atoms with Gasteiger partial charge in [-0.2, -0.15) is 5.26 Å². The van der Waals surface area contributed by atoms with Crippen molar-refractivity contribution < 1.29 is 14.3 Å². The van der Waals surface area contributed by atoms with Gasteiger partial charge in [-0.25, -0.2) is 0 Å². The summed E-state index contributed by atoms with van der Waals surface area (Å²) in [5.41, 5.74) is 2.86. The maximum Gasteiger partial charge on any atom is 0.258 e. The monoisotopic (exact) mass is 393 g/mol. The molecule has 1 amide bonds. The number of carbonyl (C=O) groups is 1. The molecule has 1 heterocycles. The molecule has 0 aliphatic carbocycles. The summed E-state index contributed by atoms with van der Waals surface area (Å²) in [6.45, 7) is 7.42. The minimum atomic E-state index is -0.185. The maximum absolute atomic E-state index is 12.0. The standard InChI is InChI=1S/C23H27N3O3/c1-17-13-26(14-18(2)29-17)15-21-5-3-20(4-6-21)12-25-23(27)16-28-22-9-7-19(11-24)8-10-22/h3-10,17-18H,12-16H2,1-2H3,(H,25,27). The highest BCUT2D eigenvalue weighted by molar-refractivity contribution is 5.77. The summed E-state index contributed by atoms with van der Waals surface area (Å²) >= 11 is 0. The molecule has 0 spiro atoms. The number of nitriles is 1. The molecule has 29 heavy (non-hydrogen) atoms. The average molecular weight is 393 g/mol. The summed E-state index contributed by atoms with van der Waals surface area (Å²) < 4.78 is 11.2. The second kappa shape index (κ2) is 10.1. The lowest BCUT2D eigenvalue weighted by Crippen LogP contribution is -2.44. The molecule has 1 N–H and O–H groups in total. The molecule has 0 bridgehead atoms. The topological polar surface area (TPSA) is 74.6 Å². The first-order chi connectivity index (χ1) is 14.0. The van der Waals surface area contributed by atoms with E-state index in [1.807, 2.05) is 18.2 Å². The molecule has 1 fully saturated rings. The predicted octanol–water partition coefficient (Wildman–Crippen LogP) is 2.86. The van der Waals surface area contributed by atoms with Gasteiger partial charge in [-0.1, -0.05) is 24.3 Å². The highest BCUT2D eigenvalue weighted by Crippen LogP contribution is 2.15. The van der Waals surface area contributed by atoms with Crippen molar-refractivity contribution in [2.75, 3.05) is 19.7 Å². The molecule has 0 saturated carbocycles.